The van der Waals surface area contributed by atoms with Crippen LogP contribution < -0.4 is 5.32 Å². The molecule has 2 aromatic carbocycles. The highest BCUT2D eigenvalue weighted by atomic mass is 79.9. The van der Waals surface area contributed by atoms with Crippen molar-refractivity contribution in [3.8, 4) is 0 Å². The van der Waals surface area contributed by atoms with E-state index in [2.05, 4.69) is 21.2 Å². The van der Waals surface area contributed by atoms with E-state index >= 15 is 0 Å². The Balaban J connectivity index is 2.37. The van der Waals surface area contributed by atoms with Crippen molar-refractivity contribution in [1.29, 1.82) is 0 Å². The zero-order valence-corrected chi connectivity index (χ0v) is 13.1. The monoisotopic (exact) mass is 353 g/mol. The molecule has 0 aliphatic rings. The highest BCUT2D eigenvalue weighted by Gasteiger charge is 2.22. The van der Waals surface area contributed by atoms with Crippen LogP contribution in [0.25, 0.3) is 0 Å². The van der Waals surface area contributed by atoms with Crippen molar-refractivity contribution in [3.05, 3.63) is 63.1 Å². The summed E-state index contributed by atoms with van der Waals surface area (Å²) in [6.07, 6.45) is 0. The molecule has 3 nitrogen and oxygen atoms in total. The van der Waals surface area contributed by atoms with Crippen LogP contribution in [0.3, 0.4) is 0 Å². The number of aliphatic carboxylic acids is 1. The molecule has 1 unspecified atom stereocenters. The van der Waals surface area contributed by atoms with Gasteiger partial charge in [-0.3, -0.25) is 0 Å². The van der Waals surface area contributed by atoms with Gasteiger partial charge >= 0.3 is 5.97 Å². The molecule has 2 aromatic rings. The van der Waals surface area contributed by atoms with Crippen molar-refractivity contribution >= 4 is 39.2 Å². The first-order valence-electron chi connectivity index (χ1n) is 5.99. The second-order valence-corrected chi connectivity index (χ2v) is 5.72. The average Bonchev–Trinajstić information content (AvgIpc) is 2.38. The molecule has 0 radical (unpaired) electrons. The van der Waals surface area contributed by atoms with Gasteiger partial charge in [-0.25, -0.2) is 4.79 Å². The minimum atomic E-state index is -0.975. The van der Waals surface area contributed by atoms with E-state index in [-0.39, 0.29) is 0 Å². The Morgan fingerprint density at radius 1 is 1.30 bits per heavy atom. The number of nitrogens with one attached hydrogen (secondary N) is 1. The van der Waals surface area contributed by atoms with Gasteiger partial charge in [-0.05, 0) is 30.7 Å². The van der Waals surface area contributed by atoms with Crippen LogP contribution in [0.1, 0.15) is 17.2 Å². The second-order valence-electron chi connectivity index (χ2n) is 4.40. The van der Waals surface area contributed by atoms with E-state index in [4.69, 9.17) is 11.6 Å². The average molecular weight is 355 g/mol. The first-order valence-corrected chi connectivity index (χ1v) is 7.16. The first-order chi connectivity index (χ1) is 9.49. The fourth-order valence-electron chi connectivity index (χ4n) is 1.90. The van der Waals surface area contributed by atoms with Crippen LogP contribution in [-0.4, -0.2) is 11.1 Å². The summed E-state index contributed by atoms with van der Waals surface area (Å²) in [7, 11) is 0. The number of benzene rings is 2. The summed E-state index contributed by atoms with van der Waals surface area (Å²) < 4.78 is 0.811. The van der Waals surface area contributed by atoms with Gasteiger partial charge in [0.25, 0.3) is 0 Å². The highest BCUT2D eigenvalue weighted by Crippen LogP contribution is 2.30. The molecule has 104 valence electrons. The summed E-state index contributed by atoms with van der Waals surface area (Å²) >= 11 is 9.45. The molecule has 0 aliphatic carbocycles. The van der Waals surface area contributed by atoms with Gasteiger partial charge in [0.15, 0.2) is 6.04 Å². The molecule has 2 N–H and O–H groups in total. The zero-order chi connectivity index (χ0) is 14.7. The zero-order valence-electron chi connectivity index (χ0n) is 10.7. The van der Waals surface area contributed by atoms with E-state index in [1.54, 1.807) is 18.2 Å². The Labute approximate surface area is 130 Å². The van der Waals surface area contributed by atoms with Gasteiger partial charge in [0, 0.05) is 20.7 Å². The maximum absolute atomic E-state index is 11.5. The maximum Gasteiger partial charge on any atom is 0.330 e. The quantitative estimate of drug-likeness (QED) is 0.840. The van der Waals surface area contributed by atoms with Crippen LogP contribution in [0.2, 0.25) is 5.02 Å². The molecule has 5 heteroatoms. The van der Waals surface area contributed by atoms with Gasteiger partial charge in [-0.1, -0.05) is 51.8 Å². The summed E-state index contributed by atoms with van der Waals surface area (Å²) in [6.45, 7) is 1.92. The van der Waals surface area contributed by atoms with Crippen LogP contribution in [0, 0.1) is 6.92 Å². The molecule has 0 saturated carbocycles. The van der Waals surface area contributed by atoms with Gasteiger partial charge in [-0.2, -0.15) is 0 Å². The lowest BCUT2D eigenvalue weighted by Gasteiger charge is -2.19. The van der Waals surface area contributed by atoms with Gasteiger partial charge in [0.2, 0.25) is 0 Å². The Hall–Kier alpha value is -1.52. The summed E-state index contributed by atoms with van der Waals surface area (Å²) in [5.41, 5.74) is 2.29. The minimum absolute atomic E-state index is 0.410. The lowest BCUT2D eigenvalue weighted by atomic mass is 10.1. The van der Waals surface area contributed by atoms with Crippen LogP contribution in [0.15, 0.2) is 46.9 Å². The Morgan fingerprint density at radius 3 is 2.60 bits per heavy atom. The highest BCUT2D eigenvalue weighted by molar-refractivity contribution is 9.10. The molecule has 0 amide bonds. The number of rotatable bonds is 4. The third-order valence-electron chi connectivity index (χ3n) is 2.97. The van der Waals surface area contributed by atoms with Crippen LogP contribution in [0.4, 0.5) is 5.69 Å². The van der Waals surface area contributed by atoms with Crippen LogP contribution >= 0.6 is 27.5 Å². The van der Waals surface area contributed by atoms with Crippen molar-refractivity contribution in [2.45, 2.75) is 13.0 Å². The number of carboxylic acid groups (broad SMARTS) is 1. The van der Waals surface area contributed by atoms with E-state index in [1.807, 2.05) is 31.2 Å². The van der Waals surface area contributed by atoms with Crippen molar-refractivity contribution in [1.82, 2.24) is 0 Å². The number of para-hydroxylation sites is 1. The molecule has 0 bridgehead atoms. The van der Waals surface area contributed by atoms with Crippen molar-refractivity contribution in [2.75, 3.05) is 5.32 Å². The van der Waals surface area contributed by atoms with E-state index < -0.39 is 12.0 Å². The fourth-order valence-corrected chi connectivity index (χ4v) is 2.68. The number of carboxylic acids is 1. The Bertz CT molecular complexity index is 646. The lowest BCUT2D eigenvalue weighted by Crippen LogP contribution is -2.21. The van der Waals surface area contributed by atoms with Crippen LogP contribution in [-0.2, 0) is 4.79 Å². The summed E-state index contributed by atoms with van der Waals surface area (Å²) in [4.78, 5) is 11.5. The molecule has 0 fully saturated rings. The molecular formula is C15H13BrClNO2. The standard InChI is InChI=1S/C15H13BrClNO2/c1-9-4-2-3-5-13(9)18-14(15(19)20)11-7-6-10(16)8-12(11)17/h2-8,14,18H,1H3,(H,19,20). The Kier molecular flexibility index (Phi) is 4.68. The molecule has 2 rings (SSSR count). The topological polar surface area (TPSA) is 49.3 Å². The Morgan fingerprint density at radius 2 is 2.00 bits per heavy atom. The predicted molar refractivity (Wildman–Crippen MR) is 84.3 cm³/mol. The summed E-state index contributed by atoms with van der Waals surface area (Å²) in [5.74, 6) is -0.975. The smallest absolute Gasteiger partial charge is 0.330 e. The maximum atomic E-state index is 11.5. The minimum Gasteiger partial charge on any atom is -0.479 e. The number of carbonyl (C=O) groups is 1. The van der Waals surface area contributed by atoms with E-state index in [9.17, 15) is 9.90 Å². The largest absolute Gasteiger partial charge is 0.479 e. The summed E-state index contributed by atoms with van der Waals surface area (Å²) in [6, 6.07) is 11.8. The molecule has 0 heterocycles. The first kappa shape index (κ1) is 14.9. The van der Waals surface area contributed by atoms with Crippen LogP contribution in [0.5, 0.6) is 0 Å². The van der Waals surface area contributed by atoms with Gasteiger partial charge in [0.05, 0.1) is 0 Å². The predicted octanol–water partition coefficient (Wildman–Crippen LogP) is 4.65. The normalized spacial score (nSPS) is 11.9. The molecule has 0 saturated heterocycles. The fraction of sp³-hybridized carbons (Fsp3) is 0.133. The van der Waals surface area contributed by atoms with Gasteiger partial charge in [0.1, 0.15) is 0 Å². The number of hydrogen-bond acceptors (Lipinski definition) is 2. The van der Waals surface area contributed by atoms with Crippen molar-refractivity contribution in [2.24, 2.45) is 0 Å². The molecule has 1 atom stereocenters. The number of halogens is 2. The summed E-state index contributed by atoms with van der Waals surface area (Å²) in [5, 5.41) is 12.9. The van der Waals surface area contributed by atoms with E-state index in [1.165, 1.54) is 0 Å². The van der Waals surface area contributed by atoms with Crippen molar-refractivity contribution in [3.63, 3.8) is 0 Å². The molecule has 0 aliphatic heterocycles. The lowest BCUT2D eigenvalue weighted by molar-refractivity contribution is -0.138. The van der Waals surface area contributed by atoms with Gasteiger partial charge < -0.3 is 10.4 Å². The molecule has 0 aromatic heterocycles. The van der Waals surface area contributed by atoms with Crippen molar-refractivity contribution < 1.29 is 9.90 Å². The second kappa shape index (κ2) is 6.29. The molecular weight excluding hydrogens is 342 g/mol. The van der Waals surface area contributed by atoms with E-state index in [0.717, 1.165) is 15.7 Å². The van der Waals surface area contributed by atoms with Gasteiger partial charge in [-0.15, -0.1) is 0 Å². The number of anilines is 1. The third-order valence-corrected chi connectivity index (χ3v) is 3.79. The molecule has 0 spiro atoms. The van der Waals surface area contributed by atoms with E-state index in [0.29, 0.717) is 10.6 Å². The molecule has 20 heavy (non-hydrogen) atoms. The number of hydrogen-bond donors (Lipinski definition) is 2. The third kappa shape index (κ3) is 3.32. The SMILES string of the molecule is Cc1ccccc1NC(C(=O)O)c1ccc(Br)cc1Cl. The number of aryl methyl sites for hydroxylation is 1.